The number of unbranched alkanes of at least 4 members (excludes halogenated alkanes) is 28. The van der Waals surface area contributed by atoms with Crippen LogP contribution in [-0.2, 0) is 14.3 Å². The molecule has 0 aliphatic carbocycles. The van der Waals surface area contributed by atoms with Gasteiger partial charge in [-0.05, 0) is 64.2 Å². The fourth-order valence-electron chi connectivity index (χ4n) is 8.48. The van der Waals surface area contributed by atoms with E-state index in [9.17, 15) is 30.3 Å². The molecule has 0 aromatic rings. The molecule has 1 aliphatic rings. The first-order valence-electron chi connectivity index (χ1n) is 27.5. The molecule has 7 atom stereocenters. The second-order valence-electron chi connectivity index (χ2n) is 19.0. The Balaban J connectivity index is 2.21. The largest absolute Gasteiger partial charge is 0.394 e. The van der Waals surface area contributed by atoms with Gasteiger partial charge in [-0.3, -0.25) is 4.79 Å². The second kappa shape index (κ2) is 46.6. The van der Waals surface area contributed by atoms with Gasteiger partial charge in [0, 0.05) is 6.42 Å². The van der Waals surface area contributed by atoms with Crippen molar-refractivity contribution in [2.45, 2.75) is 281 Å². The van der Waals surface area contributed by atoms with Crippen molar-refractivity contribution in [2.75, 3.05) is 13.2 Å². The number of rotatable bonds is 46. The van der Waals surface area contributed by atoms with E-state index in [1.807, 2.05) is 6.08 Å². The molecule has 384 valence electrons. The lowest BCUT2D eigenvalue weighted by molar-refractivity contribution is -0.302. The zero-order valence-electron chi connectivity index (χ0n) is 42.4. The van der Waals surface area contributed by atoms with Crippen LogP contribution in [0.2, 0.25) is 0 Å². The van der Waals surface area contributed by atoms with Gasteiger partial charge in [-0.25, -0.2) is 0 Å². The number of aliphatic hydroxyl groups is 5. The quantitative estimate of drug-likeness (QED) is 0.0261. The highest BCUT2D eigenvalue weighted by Gasteiger charge is 2.44. The Hall–Kier alpha value is -2.11. The normalized spacial score (nSPS) is 20.3. The lowest BCUT2D eigenvalue weighted by atomic mass is 9.99. The molecule has 0 bridgehead atoms. The number of hydrogen-bond acceptors (Lipinski definition) is 8. The second-order valence-corrected chi connectivity index (χ2v) is 19.0. The Kier molecular flexibility index (Phi) is 43.7. The first-order chi connectivity index (χ1) is 32.3. The van der Waals surface area contributed by atoms with Gasteiger partial charge < -0.3 is 40.3 Å². The molecule has 9 heteroatoms. The molecule has 1 heterocycles. The Labute approximate surface area is 405 Å². The summed E-state index contributed by atoms with van der Waals surface area (Å²) in [4.78, 5) is 13.0. The van der Waals surface area contributed by atoms with Crippen molar-refractivity contribution in [1.29, 1.82) is 0 Å². The minimum absolute atomic E-state index is 0.215. The van der Waals surface area contributed by atoms with Gasteiger partial charge in [-0.1, -0.05) is 229 Å². The van der Waals surface area contributed by atoms with E-state index in [0.717, 1.165) is 57.8 Å². The summed E-state index contributed by atoms with van der Waals surface area (Å²) in [7, 11) is 0. The molecule has 0 aromatic carbocycles. The number of ether oxygens (including phenoxy) is 2. The minimum atomic E-state index is -1.58. The topological polar surface area (TPSA) is 149 Å². The molecule has 1 fully saturated rings. The summed E-state index contributed by atoms with van der Waals surface area (Å²) in [5.74, 6) is -0.216. The molecule has 0 aromatic heterocycles. The highest BCUT2D eigenvalue weighted by Crippen LogP contribution is 2.23. The summed E-state index contributed by atoms with van der Waals surface area (Å²) in [6.07, 6.45) is 56.0. The van der Waals surface area contributed by atoms with Crippen LogP contribution in [0, 0.1) is 0 Å². The number of carbonyl (C=O) groups excluding carboxylic acids is 1. The third kappa shape index (κ3) is 36.0. The lowest BCUT2D eigenvalue weighted by Gasteiger charge is -2.40. The van der Waals surface area contributed by atoms with E-state index < -0.39 is 49.5 Å². The maximum Gasteiger partial charge on any atom is 0.220 e. The molecule has 1 aliphatic heterocycles. The van der Waals surface area contributed by atoms with E-state index in [-0.39, 0.29) is 12.5 Å². The fraction of sp³-hybridized carbons (Fsp3) is 0.807. The van der Waals surface area contributed by atoms with E-state index in [2.05, 4.69) is 67.8 Å². The van der Waals surface area contributed by atoms with Crippen molar-refractivity contribution in [3.63, 3.8) is 0 Å². The number of allylic oxidation sites excluding steroid dienone is 9. The van der Waals surface area contributed by atoms with Crippen LogP contribution in [0.25, 0.3) is 0 Å². The van der Waals surface area contributed by atoms with Crippen molar-refractivity contribution in [3.05, 3.63) is 60.8 Å². The van der Waals surface area contributed by atoms with Crippen LogP contribution < -0.4 is 5.32 Å². The lowest BCUT2D eigenvalue weighted by Crippen LogP contribution is -2.60. The van der Waals surface area contributed by atoms with Gasteiger partial charge in [0.05, 0.1) is 25.4 Å². The predicted molar refractivity (Wildman–Crippen MR) is 276 cm³/mol. The van der Waals surface area contributed by atoms with Crippen LogP contribution in [0.5, 0.6) is 0 Å². The molecule has 0 spiro atoms. The molecular formula is C57H103NO8. The minimum Gasteiger partial charge on any atom is -0.394 e. The number of carbonyl (C=O) groups is 1. The summed E-state index contributed by atoms with van der Waals surface area (Å²) >= 11 is 0. The van der Waals surface area contributed by atoms with Crippen LogP contribution in [-0.4, -0.2) is 87.5 Å². The predicted octanol–water partition coefficient (Wildman–Crippen LogP) is 13.1. The Morgan fingerprint density at radius 3 is 1.45 bits per heavy atom. The average Bonchev–Trinajstić information content (AvgIpc) is 3.32. The van der Waals surface area contributed by atoms with Gasteiger partial charge >= 0.3 is 0 Å². The maximum atomic E-state index is 13.0. The molecule has 0 radical (unpaired) electrons. The van der Waals surface area contributed by atoms with Crippen LogP contribution in [0.4, 0.5) is 0 Å². The number of nitrogens with one attached hydrogen (secondary N) is 1. The van der Waals surface area contributed by atoms with E-state index in [1.54, 1.807) is 6.08 Å². The molecule has 9 nitrogen and oxygen atoms in total. The Morgan fingerprint density at radius 2 is 0.955 bits per heavy atom. The third-order valence-corrected chi connectivity index (χ3v) is 12.8. The molecule has 1 saturated heterocycles. The van der Waals surface area contributed by atoms with Crippen molar-refractivity contribution >= 4 is 5.91 Å². The molecule has 1 rings (SSSR count). The molecule has 6 N–H and O–H groups in total. The Bertz CT molecular complexity index is 1220. The van der Waals surface area contributed by atoms with E-state index >= 15 is 0 Å². The Morgan fingerprint density at radius 1 is 0.530 bits per heavy atom. The number of amides is 1. The van der Waals surface area contributed by atoms with E-state index in [0.29, 0.717) is 12.8 Å². The van der Waals surface area contributed by atoms with Crippen LogP contribution in [0.3, 0.4) is 0 Å². The highest BCUT2D eigenvalue weighted by molar-refractivity contribution is 5.76. The monoisotopic (exact) mass is 930 g/mol. The maximum absolute atomic E-state index is 13.0. The van der Waals surface area contributed by atoms with Gasteiger partial charge in [0.2, 0.25) is 5.91 Å². The van der Waals surface area contributed by atoms with Crippen molar-refractivity contribution in [3.8, 4) is 0 Å². The highest BCUT2D eigenvalue weighted by atomic mass is 16.7. The number of aliphatic hydroxyl groups excluding tert-OH is 5. The molecule has 66 heavy (non-hydrogen) atoms. The third-order valence-electron chi connectivity index (χ3n) is 12.8. The summed E-state index contributed by atoms with van der Waals surface area (Å²) in [6, 6.07) is -0.839. The zero-order chi connectivity index (χ0) is 48.0. The van der Waals surface area contributed by atoms with Crippen molar-refractivity contribution < 1.29 is 39.8 Å². The smallest absolute Gasteiger partial charge is 0.220 e. The zero-order valence-corrected chi connectivity index (χ0v) is 42.4. The molecule has 0 saturated carbocycles. The van der Waals surface area contributed by atoms with E-state index in [4.69, 9.17) is 9.47 Å². The summed E-state index contributed by atoms with van der Waals surface area (Å²) in [5.41, 5.74) is 0. The van der Waals surface area contributed by atoms with E-state index in [1.165, 1.54) is 154 Å². The van der Waals surface area contributed by atoms with Gasteiger partial charge in [0.1, 0.15) is 24.4 Å². The molecule has 1 amide bonds. The van der Waals surface area contributed by atoms with Crippen LogP contribution in [0.15, 0.2) is 60.8 Å². The SMILES string of the molecule is CC/C=C\C/C=C\C/C=C\CCCCCC(=O)NC(COC1OC(CO)C(O)C(O)C1O)C(O)/C=C/CC/C=C/CCCCCCCCCCCCCCCCCCCCCCCCCC. The first-order valence-corrected chi connectivity index (χ1v) is 27.5. The average molecular weight is 930 g/mol. The first kappa shape index (κ1) is 61.9. The van der Waals surface area contributed by atoms with Gasteiger partial charge in [-0.15, -0.1) is 0 Å². The van der Waals surface area contributed by atoms with Crippen LogP contribution in [0.1, 0.15) is 239 Å². The van der Waals surface area contributed by atoms with Crippen LogP contribution >= 0.6 is 0 Å². The molecule has 7 unspecified atom stereocenters. The fourth-order valence-corrected chi connectivity index (χ4v) is 8.48. The van der Waals surface area contributed by atoms with Gasteiger partial charge in [0.15, 0.2) is 6.29 Å². The summed E-state index contributed by atoms with van der Waals surface area (Å²) in [6.45, 7) is 3.63. The van der Waals surface area contributed by atoms with Crippen molar-refractivity contribution in [1.82, 2.24) is 5.32 Å². The summed E-state index contributed by atoms with van der Waals surface area (Å²) in [5, 5.41) is 54.3. The van der Waals surface area contributed by atoms with Crippen molar-refractivity contribution in [2.24, 2.45) is 0 Å². The molecular weight excluding hydrogens is 827 g/mol. The standard InChI is InChI=1S/C57H103NO8/c1-3-5-7-9-11-13-15-17-18-19-20-21-22-23-24-25-26-27-28-29-30-31-32-33-35-36-38-40-42-44-46-51(60)50(49-65-57-56(64)55(63)54(62)52(48-59)66-57)58-53(61)47-45-43-41-39-37-34-16-14-12-10-8-6-4-2/h6,8,12,14,34,36-38,44,46,50-52,54-57,59-60,62-64H,3-5,7,9-11,13,15-33,35,39-43,45,47-49H2,1-2H3,(H,58,61)/b8-6-,14-12-,37-34-,38-36+,46-44+. The summed E-state index contributed by atoms with van der Waals surface area (Å²) < 4.78 is 11.2. The van der Waals surface area contributed by atoms with Gasteiger partial charge in [-0.2, -0.15) is 0 Å². The number of hydrogen-bond donors (Lipinski definition) is 6. The van der Waals surface area contributed by atoms with Gasteiger partial charge in [0.25, 0.3) is 0 Å².